The molecule has 0 spiro atoms. The van der Waals surface area contributed by atoms with Gasteiger partial charge >= 0.3 is 0 Å². The van der Waals surface area contributed by atoms with E-state index in [0.29, 0.717) is 5.13 Å². The molecule has 2 bridgehead atoms. The summed E-state index contributed by atoms with van der Waals surface area (Å²) >= 11 is 1.30. The first-order valence-corrected chi connectivity index (χ1v) is 9.51. The smallest absolute Gasteiger partial charge is 0.249 e. The summed E-state index contributed by atoms with van der Waals surface area (Å²) in [5.41, 5.74) is 0. The molecule has 4 aliphatic rings. The Kier molecular flexibility index (Phi) is 3.94. The molecule has 1 aromatic heterocycles. The van der Waals surface area contributed by atoms with Crippen molar-refractivity contribution < 1.29 is 14.4 Å². The van der Waals surface area contributed by atoms with Crippen molar-refractivity contribution in [2.45, 2.75) is 39.2 Å². The molecule has 5 rings (SSSR count). The second-order valence-corrected chi connectivity index (χ2v) is 7.97. The average molecular weight is 360 g/mol. The van der Waals surface area contributed by atoms with E-state index in [9.17, 15) is 14.4 Å². The number of imide groups is 1. The third-order valence-corrected chi connectivity index (χ3v) is 6.54. The Bertz CT molecular complexity index is 742. The van der Waals surface area contributed by atoms with Crippen molar-refractivity contribution in [1.82, 2.24) is 15.1 Å². The van der Waals surface area contributed by atoms with Gasteiger partial charge in [-0.15, -0.1) is 10.2 Å². The summed E-state index contributed by atoms with van der Waals surface area (Å²) in [6.45, 7) is 3.56. The van der Waals surface area contributed by atoms with Crippen molar-refractivity contribution in [1.29, 1.82) is 0 Å². The van der Waals surface area contributed by atoms with E-state index in [1.807, 2.05) is 6.92 Å². The first-order chi connectivity index (χ1) is 12.0. The number of rotatable bonds is 4. The minimum Gasteiger partial charge on any atom is -0.299 e. The highest BCUT2D eigenvalue weighted by Gasteiger charge is 2.58. The van der Waals surface area contributed by atoms with Crippen molar-refractivity contribution in [2.24, 2.45) is 23.7 Å². The number of hydrogen-bond donors (Lipinski definition) is 1. The fourth-order valence-electron chi connectivity index (χ4n) is 4.25. The second kappa shape index (κ2) is 6.01. The number of anilines is 1. The number of allylic oxidation sites excluding steroid dienone is 2. The number of nitrogens with zero attached hydrogens (tertiary/aromatic N) is 3. The molecule has 25 heavy (non-hydrogen) atoms. The first-order valence-electron chi connectivity index (χ1n) is 8.69. The number of carbonyl (C=O) groups excluding carboxylic acids is 3. The van der Waals surface area contributed by atoms with Gasteiger partial charge in [0.15, 0.2) is 0 Å². The minimum absolute atomic E-state index is 0.127. The molecule has 0 radical (unpaired) electrons. The summed E-state index contributed by atoms with van der Waals surface area (Å²) in [6, 6.07) is -0.848. The molecule has 5 unspecified atom stereocenters. The number of aromatic nitrogens is 2. The molecule has 1 N–H and O–H groups in total. The van der Waals surface area contributed by atoms with Crippen molar-refractivity contribution in [3.8, 4) is 0 Å². The normalized spacial score (nSPS) is 31.4. The molecule has 1 aliphatic heterocycles. The minimum atomic E-state index is -0.848. The predicted molar refractivity (Wildman–Crippen MR) is 91.6 cm³/mol. The Balaban J connectivity index is 1.52. The van der Waals surface area contributed by atoms with Crippen LogP contribution in [0.15, 0.2) is 12.2 Å². The molecule has 3 aliphatic carbocycles. The van der Waals surface area contributed by atoms with Gasteiger partial charge in [0.05, 0.1) is 11.8 Å². The summed E-state index contributed by atoms with van der Waals surface area (Å²) in [5, 5.41) is 11.8. The summed E-state index contributed by atoms with van der Waals surface area (Å²) in [4.78, 5) is 39.4. The topological polar surface area (TPSA) is 92.3 Å². The zero-order valence-corrected chi connectivity index (χ0v) is 15.0. The van der Waals surface area contributed by atoms with Gasteiger partial charge in [-0.2, -0.15) is 0 Å². The van der Waals surface area contributed by atoms with Crippen LogP contribution in [-0.2, 0) is 20.8 Å². The molecule has 0 aromatic carbocycles. The molecule has 2 fully saturated rings. The van der Waals surface area contributed by atoms with Gasteiger partial charge in [-0.1, -0.05) is 30.4 Å². The van der Waals surface area contributed by atoms with Crippen LogP contribution in [-0.4, -0.2) is 38.9 Å². The number of aryl methyl sites for hydroxylation is 1. The number of fused-ring (bicyclic) bond motifs is 1. The molecule has 132 valence electrons. The van der Waals surface area contributed by atoms with E-state index in [1.54, 1.807) is 6.92 Å². The van der Waals surface area contributed by atoms with Crippen molar-refractivity contribution >= 4 is 34.2 Å². The Labute approximate surface area is 149 Å². The maximum absolute atomic E-state index is 12.9. The van der Waals surface area contributed by atoms with Gasteiger partial charge in [0.25, 0.3) is 0 Å². The summed E-state index contributed by atoms with van der Waals surface area (Å²) in [5.74, 6) is -1.14. The third-order valence-electron chi connectivity index (χ3n) is 5.56. The van der Waals surface area contributed by atoms with Crippen LogP contribution in [0, 0.1) is 23.7 Å². The highest BCUT2D eigenvalue weighted by molar-refractivity contribution is 7.15. The number of hydrogen-bond acceptors (Lipinski definition) is 6. The van der Waals surface area contributed by atoms with Crippen LogP contribution >= 0.6 is 11.3 Å². The standard InChI is InChI=1S/C17H20N4O3S/c1-3-11-19-20-17(25-11)18-14(22)8(2)21-15(23)12-9-4-5-10(7-6-9)13(12)16(21)24/h4-5,8-10,12-13H,3,6-7H2,1-2H3,(H,18,20,22). The zero-order chi connectivity index (χ0) is 17.7. The molecule has 3 amide bonds. The van der Waals surface area contributed by atoms with Crippen LogP contribution in [0.25, 0.3) is 0 Å². The van der Waals surface area contributed by atoms with Crippen LogP contribution in [0.5, 0.6) is 0 Å². The molecule has 2 heterocycles. The SMILES string of the molecule is CCc1nnc(NC(=O)C(C)N2C(=O)C3C4C=CC(CC4)C3C2=O)s1. The highest BCUT2D eigenvalue weighted by atomic mass is 32.1. The monoisotopic (exact) mass is 360 g/mol. The highest BCUT2D eigenvalue weighted by Crippen LogP contribution is 2.49. The van der Waals surface area contributed by atoms with Crippen molar-refractivity contribution in [2.75, 3.05) is 5.32 Å². The van der Waals surface area contributed by atoms with Gasteiger partial charge < -0.3 is 0 Å². The van der Waals surface area contributed by atoms with E-state index >= 15 is 0 Å². The fraction of sp³-hybridized carbons (Fsp3) is 0.588. The van der Waals surface area contributed by atoms with E-state index in [2.05, 4.69) is 27.7 Å². The van der Waals surface area contributed by atoms with Gasteiger partial charge in [-0.05, 0) is 38.0 Å². The van der Waals surface area contributed by atoms with Crippen LogP contribution in [0.1, 0.15) is 31.7 Å². The van der Waals surface area contributed by atoms with Gasteiger partial charge in [-0.3, -0.25) is 24.6 Å². The number of amides is 3. The Morgan fingerprint density at radius 1 is 1.24 bits per heavy atom. The van der Waals surface area contributed by atoms with E-state index in [0.717, 1.165) is 24.3 Å². The van der Waals surface area contributed by atoms with E-state index in [1.165, 1.54) is 16.2 Å². The van der Waals surface area contributed by atoms with Gasteiger partial charge in [0.1, 0.15) is 11.0 Å². The molecule has 1 saturated carbocycles. The fourth-order valence-corrected chi connectivity index (χ4v) is 4.94. The summed E-state index contributed by atoms with van der Waals surface area (Å²) in [7, 11) is 0. The summed E-state index contributed by atoms with van der Waals surface area (Å²) < 4.78 is 0. The first kappa shape index (κ1) is 16.4. The lowest BCUT2D eigenvalue weighted by Crippen LogP contribution is -2.46. The van der Waals surface area contributed by atoms with Crippen LogP contribution in [0.3, 0.4) is 0 Å². The number of likely N-dealkylation sites (tertiary alicyclic amines) is 1. The number of carbonyl (C=O) groups is 3. The maximum Gasteiger partial charge on any atom is 0.249 e. The quantitative estimate of drug-likeness (QED) is 0.651. The maximum atomic E-state index is 12.9. The Morgan fingerprint density at radius 3 is 2.32 bits per heavy atom. The predicted octanol–water partition coefficient (Wildman–Crippen LogP) is 1.62. The van der Waals surface area contributed by atoms with Crippen LogP contribution in [0.2, 0.25) is 0 Å². The van der Waals surface area contributed by atoms with E-state index in [4.69, 9.17) is 0 Å². The molecule has 8 heteroatoms. The largest absolute Gasteiger partial charge is 0.299 e. The van der Waals surface area contributed by atoms with Gasteiger partial charge in [-0.25, -0.2) is 0 Å². The van der Waals surface area contributed by atoms with Crippen molar-refractivity contribution in [3.05, 3.63) is 17.2 Å². The van der Waals surface area contributed by atoms with E-state index < -0.39 is 11.9 Å². The van der Waals surface area contributed by atoms with Gasteiger partial charge in [0, 0.05) is 0 Å². The lowest BCUT2D eigenvalue weighted by molar-refractivity contribution is -0.146. The molecule has 5 atom stereocenters. The Morgan fingerprint density at radius 2 is 1.84 bits per heavy atom. The van der Waals surface area contributed by atoms with Crippen LogP contribution in [0.4, 0.5) is 5.13 Å². The lowest BCUT2D eigenvalue weighted by atomic mass is 9.63. The van der Waals surface area contributed by atoms with Crippen molar-refractivity contribution in [3.63, 3.8) is 0 Å². The zero-order valence-electron chi connectivity index (χ0n) is 14.1. The molecular weight excluding hydrogens is 340 g/mol. The average Bonchev–Trinajstić information content (AvgIpc) is 3.19. The number of nitrogens with one attached hydrogen (secondary N) is 1. The molecular formula is C17H20N4O3S. The molecule has 1 aromatic rings. The van der Waals surface area contributed by atoms with E-state index in [-0.39, 0.29) is 35.5 Å². The molecule has 7 nitrogen and oxygen atoms in total. The molecule has 1 saturated heterocycles. The third kappa shape index (κ3) is 2.50. The lowest BCUT2D eigenvalue weighted by Gasteiger charge is -2.38. The Hall–Kier alpha value is -2.09. The second-order valence-electron chi connectivity index (χ2n) is 6.91. The van der Waals surface area contributed by atoms with Crippen LogP contribution < -0.4 is 5.32 Å². The summed E-state index contributed by atoms with van der Waals surface area (Å²) in [6.07, 6.45) is 6.77. The van der Waals surface area contributed by atoms with Gasteiger partial charge in [0.2, 0.25) is 22.9 Å².